The maximum Gasteiger partial charge on any atom is 0.119 e. The zero-order chi connectivity index (χ0) is 13.2. The van der Waals surface area contributed by atoms with Crippen molar-refractivity contribution in [1.29, 1.82) is 0 Å². The van der Waals surface area contributed by atoms with Crippen molar-refractivity contribution >= 4 is 5.71 Å². The topological polar surface area (TPSA) is 36.9 Å². The highest BCUT2D eigenvalue weighted by molar-refractivity contribution is 5.89. The first kappa shape index (κ1) is 12.5. The molecule has 1 saturated heterocycles. The zero-order valence-electron chi connectivity index (χ0n) is 11.6. The number of hydrogen-bond acceptors (Lipinski definition) is 4. The molecule has 2 heterocycles. The fourth-order valence-electron chi connectivity index (χ4n) is 2.97. The van der Waals surface area contributed by atoms with Crippen LogP contribution in [0.3, 0.4) is 0 Å². The van der Waals surface area contributed by atoms with Gasteiger partial charge in [0.15, 0.2) is 0 Å². The van der Waals surface area contributed by atoms with Crippen LogP contribution in [0, 0.1) is 5.92 Å². The third kappa shape index (κ3) is 2.45. The first-order valence-electron chi connectivity index (χ1n) is 7.01. The standard InChI is InChI=1S/C15H21N3O/c1-3-19-12-6-4-5-11(9-12)15-13-10-18(2)8-7-14(13)16-17-15/h4-6,9,13,15,17H,3,7-8,10H2,1-2H3. The lowest BCUT2D eigenvalue weighted by molar-refractivity contribution is 0.272. The van der Waals surface area contributed by atoms with Crippen LogP contribution in [0.2, 0.25) is 0 Å². The molecule has 2 aliphatic rings. The molecule has 0 bridgehead atoms. The number of rotatable bonds is 3. The predicted molar refractivity (Wildman–Crippen MR) is 76.5 cm³/mol. The summed E-state index contributed by atoms with van der Waals surface area (Å²) >= 11 is 0. The predicted octanol–water partition coefficient (Wildman–Crippen LogP) is 2.04. The SMILES string of the molecule is CCOc1cccc(C2NN=C3CCN(C)CC32)c1. The number of piperidine rings is 1. The summed E-state index contributed by atoms with van der Waals surface area (Å²) in [5.74, 6) is 1.44. The third-order valence-corrected chi connectivity index (χ3v) is 3.96. The van der Waals surface area contributed by atoms with Crippen LogP contribution >= 0.6 is 0 Å². The monoisotopic (exact) mass is 259 g/mol. The van der Waals surface area contributed by atoms with Crippen LogP contribution in [0.15, 0.2) is 29.4 Å². The van der Waals surface area contributed by atoms with Gasteiger partial charge in [0.05, 0.1) is 12.6 Å². The molecule has 1 fully saturated rings. The minimum absolute atomic E-state index is 0.290. The minimum atomic E-state index is 0.290. The van der Waals surface area contributed by atoms with Gasteiger partial charge in [-0.2, -0.15) is 5.10 Å². The van der Waals surface area contributed by atoms with E-state index in [0.717, 1.165) is 25.3 Å². The van der Waals surface area contributed by atoms with Gasteiger partial charge >= 0.3 is 0 Å². The highest BCUT2D eigenvalue weighted by Gasteiger charge is 2.36. The molecule has 1 aromatic carbocycles. The molecule has 0 spiro atoms. The second-order valence-electron chi connectivity index (χ2n) is 5.33. The highest BCUT2D eigenvalue weighted by atomic mass is 16.5. The lowest BCUT2D eigenvalue weighted by Gasteiger charge is -2.31. The molecule has 0 radical (unpaired) electrons. The summed E-state index contributed by atoms with van der Waals surface area (Å²) in [6, 6.07) is 8.66. The average Bonchev–Trinajstić information content (AvgIpc) is 2.82. The fraction of sp³-hybridized carbons (Fsp3) is 0.533. The van der Waals surface area contributed by atoms with Gasteiger partial charge in [0, 0.05) is 31.1 Å². The summed E-state index contributed by atoms with van der Waals surface area (Å²) in [7, 11) is 2.18. The van der Waals surface area contributed by atoms with Crippen molar-refractivity contribution in [3.63, 3.8) is 0 Å². The van der Waals surface area contributed by atoms with Gasteiger partial charge < -0.3 is 15.1 Å². The average molecular weight is 259 g/mol. The van der Waals surface area contributed by atoms with Gasteiger partial charge in [-0.3, -0.25) is 0 Å². The van der Waals surface area contributed by atoms with E-state index in [4.69, 9.17) is 4.74 Å². The Morgan fingerprint density at radius 1 is 1.47 bits per heavy atom. The summed E-state index contributed by atoms with van der Waals surface area (Å²) in [6.07, 6.45) is 1.08. The number of ether oxygens (including phenoxy) is 1. The lowest BCUT2D eigenvalue weighted by atomic mass is 9.86. The van der Waals surface area contributed by atoms with E-state index in [1.54, 1.807) is 0 Å². The Hall–Kier alpha value is -1.55. The van der Waals surface area contributed by atoms with Crippen LogP contribution < -0.4 is 10.2 Å². The van der Waals surface area contributed by atoms with Crippen molar-refractivity contribution in [2.24, 2.45) is 11.0 Å². The first-order chi connectivity index (χ1) is 9.28. The molecule has 2 atom stereocenters. The van der Waals surface area contributed by atoms with E-state index in [1.807, 2.05) is 13.0 Å². The van der Waals surface area contributed by atoms with E-state index in [9.17, 15) is 0 Å². The molecular formula is C15H21N3O. The molecule has 2 aliphatic heterocycles. The first-order valence-corrected chi connectivity index (χ1v) is 7.01. The molecule has 0 saturated carbocycles. The number of benzene rings is 1. The van der Waals surface area contributed by atoms with E-state index in [0.29, 0.717) is 12.5 Å². The van der Waals surface area contributed by atoms with E-state index < -0.39 is 0 Å². The van der Waals surface area contributed by atoms with E-state index in [1.165, 1.54) is 11.3 Å². The second-order valence-corrected chi connectivity index (χ2v) is 5.33. The molecule has 102 valence electrons. The largest absolute Gasteiger partial charge is 0.494 e. The van der Waals surface area contributed by atoms with Crippen LogP contribution in [0.4, 0.5) is 0 Å². The maximum atomic E-state index is 5.59. The molecule has 3 rings (SSSR count). The van der Waals surface area contributed by atoms with Gasteiger partial charge in [-0.05, 0) is 31.7 Å². The van der Waals surface area contributed by atoms with Crippen molar-refractivity contribution in [2.75, 3.05) is 26.7 Å². The van der Waals surface area contributed by atoms with E-state index in [2.05, 4.69) is 40.7 Å². The van der Waals surface area contributed by atoms with Crippen LogP contribution in [-0.4, -0.2) is 37.4 Å². The zero-order valence-corrected chi connectivity index (χ0v) is 11.6. The van der Waals surface area contributed by atoms with Crippen LogP contribution in [0.5, 0.6) is 5.75 Å². The Bertz CT molecular complexity index is 486. The smallest absolute Gasteiger partial charge is 0.119 e. The van der Waals surface area contributed by atoms with Gasteiger partial charge in [-0.25, -0.2) is 0 Å². The molecule has 0 amide bonds. The van der Waals surface area contributed by atoms with Crippen LogP contribution in [-0.2, 0) is 0 Å². The number of nitrogens with one attached hydrogen (secondary N) is 1. The second kappa shape index (κ2) is 5.21. The fourth-order valence-corrected chi connectivity index (χ4v) is 2.97. The van der Waals surface area contributed by atoms with Gasteiger partial charge in [0.25, 0.3) is 0 Å². The Morgan fingerprint density at radius 2 is 2.37 bits per heavy atom. The minimum Gasteiger partial charge on any atom is -0.494 e. The number of hydrogen-bond donors (Lipinski definition) is 1. The van der Waals surface area contributed by atoms with Crippen LogP contribution in [0.25, 0.3) is 0 Å². The normalized spacial score (nSPS) is 26.5. The van der Waals surface area contributed by atoms with Crippen LogP contribution in [0.1, 0.15) is 24.9 Å². The Kier molecular flexibility index (Phi) is 3.42. The molecule has 1 aromatic rings. The molecule has 4 nitrogen and oxygen atoms in total. The number of hydrazone groups is 1. The quantitative estimate of drug-likeness (QED) is 0.902. The van der Waals surface area contributed by atoms with Gasteiger partial charge in [0.1, 0.15) is 5.75 Å². The van der Waals surface area contributed by atoms with Crippen molar-refractivity contribution in [1.82, 2.24) is 10.3 Å². The summed E-state index contributed by atoms with van der Waals surface area (Å²) in [5.41, 5.74) is 5.90. The van der Waals surface area contributed by atoms with Gasteiger partial charge in [-0.15, -0.1) is 0 Å². The van der Waals surface area contributed by atoms with E-state index in [-0.39, 0.29) is 6.04 Å². The molecule has 0 aromatic heterocycles. The maximum absolute atomic E-state index is 5.59. The molecule has 4 heteroatoms. The highest BCUT2D eigenvalue weighted by Crippen LogP contribution is 2.33. The van der Waals surface area contributed by atoms with E-state index >= 15 is 0 Å². The molecule has 2 unspecified atom stereocenters. The molecule has 19 heavy (non-hydrogen) atoms. The van der Waals surface area contributed by atoms with Crippen molar-refractivity contribution < 1.29 is 4.74 Å². The van der Waals surface area contributed by atoms with Gasteiger partial charge in [0.2, 0.25) is 0 Å². The summed E-state index contributed by atoms with van der Waals surface area (Å²) in [5, 5.41) is 4.52. The third-order valence-electron chi connectivity index (χ3n) is 3.96. The Morgan fingerprint density at radius 3 is 3.21 bits per heavy atom. The van der Waals surface area contributed by atoms with Gasteiger partial charge in [-0.1, -0.05) is 12.1 Å². The number of fused-ring (bicyclic) bond motifs is 1. The van der Waals surface area contributed by atoms with Crippen molar-refractivity contribution in [3.05, 3.63) is 29.8 Å². The molecule has 1 N–H and O–H groups in total. The number of likely N-dealkylation sites (tertiary alicyclic amines) is 1. The molecular weight excluding hydrogens is 238 g/mol. The Balaban J connectivity index is 1.81. The Labute approximate surface area is 114 Å². The van der Waals surface area contributed by atoms with Crippen molar-refractivity contribution in [3.8, 4) is 5.75 Å². The summed E-state index contributed by atoms with van der Waals surface area (Å²) in [4.78, 5) is 2.39. The summed E-state index contributed by atoms with van der Waals surface area (Å²) < 4.78 is 5.59. The molecule has 0 aliphatic carbocycles. The summed E-state index contributed by atoms with van der Waals surface area (Å²) in [6.45, 7) is 4.91. The lowest BCUT2D eigenvalue weighted by Crippen LogP contribution is -2.39. The number of nitrogens with zero attached hydrogens (tertiary/aromatic N) is 2. The van der Waals surface area contributed by atoms with Crippen molar-refractivity contribution in [2.45, 2.75) is 19.4 Å².